The molecule has 0 saturated carbocycles. The van der Waals surface area contributed by atoms with Crippen molar-refractivity contribution < 1.29 is 26.7 Å². The van der Waals surface area contributed by atoms with Crippen LogP contribution in [0.2, 0.25) is 0 Å². The molecule has 0 radical (unpaired) electrons. The summed E-state index contributed by atoms with van der Waals surface area (Å²) in [6.45, 7) is -5.85. The summed E-state index contributed by atoms with van der Waals surface area (Å²) in [6.07, 6.45) is 1.31. The zero-order valence-electron chi connectivity index (χ0n) is 25.7. The third-order valence-electron chi connectivity index (χ3n) is 4.85. The molecule has 1 aliphatic rings. The summed E-state index contributed by atoms with van der Waals surface area (Å²) in [6, 6.07) is 7.40. The fourth-order valence-corrected chi connectivity index (χ4v) is 3.53. The van der Waals surface area contributed by atoms with Gasteiger partial charge in [-0.2, -0.15) is 0 Å². The Kier molecular flexibility index (Phi) is 3.27. The largest absolute Gasteiger partial charge is 0.493 e. The molecule has 2 aromatic rings. The number of carbonyl (C=O) groups is 2. The Hall–Kier alpha value is -2.82. The van der Waals surface area contributed by atoms with E-state index < -0.39 is 37.9 Å². The van der Waals surface area contributed by atoms with E-state index in [0.717, 1.165) is 5.56 Å². The van der Waals surface area contributed by atoms with E-state index in [1.807, 2.05) is 0 Å². The van der Waals surface area contributed by atoms with Gasteiger partial charge in [-0.1, -0.05) is 17.2 Å². The maximum Gasteiger partial charge on any atom is 0.272 e. The first-order chi connectivity index (χ1) is 17.3. The number of carbonyl (C=O) groups excluding carboxylic acids is 2. The first-order valence-electron chi connectivity index (χ1n) is 13.8. The molecule has 3 rings (SSSR count). The number of hydrogen-bond donors (Lipinski definition) is 1. The van der Waals surface area contributed by atoms with Crippen LogP contribution < -0.4 is 10.2 Å². The van der Waals surface area contributed by atoms with Gasteiger partial charge in [0.05, 0.1) is 12.1 Å². The van der Waals surface area contributed by atoms with Crippen molar-refractivity contribution >= 4 is 11.8 Å². The number of nitrogens with zero attached hydrogens (tertiary/aromatic N) is 1. The smallest absolute Gasteiger partial charge is 0.272 e. The van der Waals surface area contributed by atoms with Gasteiger partial charge in [0, 0.05) is 23.5 Å². The van der Waals surface area contributed by atoms with Crippen LogP contribution in [-0.2, 0) is 6.42 Å². The molecule has 0 spiro atoms. The molecule has 1 aliphatic heterocycles. The molecule has 2 aromatic carbocycles. The van der Waals surface area contributed by atoms with Gasteiger partial charge in [-0.05, 0) is 89.6 Å². The van der Waals surface area contributed by atoms with Crippen LogP contribution in [-0.4, -0.2) is 29.0 Å². The molecule has 1 N–H and O–H groups in total. The zero-order chi connectivity index (χ0) is 28.8. The average molecular weight is 404 g/mol. The molecule has 0 fully saturated rings. The molecular formula is C24H30N2O3. The number of ether oxygens (including phenoxy) is 1. The minimum absolute atomic E-state index is 0.00800. The minimum atomic E-state index is -3.78. The van der Waals surface area contributed by atoms with E-state index in [1.165, 1.54) is 18.2 Å². The summed E-state index contributed by atoms with van der Waals surface area (Å²) in [5, 5.41) is -0.00800. The first kappa shape index (κ1) is 12.0. The van der Waals surface area contributed by atoms with Crippen molar-refractivity contribution in [2.75, 3.05) is 6.61 Å². The Bertz CT molecular complexity index is 1190. The lowest BCUT2D eigenvalue weighted by atomic mass is 9.96. The summed E-state index contributed by atoms with van der Waals surface area (Å²) in [4.78, 5) is 27.4. The van der Waals surface area contributed by atoms with Crippen LogP contribution in [0.15, 0.2) is 30.3 Å². The number of hydrogen-bond acceptors (Lipinski definition) is 3. The van der Waals surface area contributed by atoms with E-state index in [2.05, 4.69) is 5.43 Å². The average Bonchev–Trinajstić information content (AvgIpc) is 2.75. The number of rotatable bonds is 2. The van der Waals surface area contributed by atoms with E-state index in [0.29, 0.717) is 41.9 Å². The van der Waals surface area contributed by atoms with Crippen molar-refractivity contribution in [1.82, 2.24) is 10.4 Å². The van der Waals surface area contributed by atoms with E-state index in [1.54, 1.807) is 32.9 Å². The van der Waals surface area contributed by atoms with E-state index >= 15 is 0 Å². The second-order valence-corrected chi connectivity index (χ2v) is 7.34. The third-order valence-corrected chi connectivity index (χ3v) is 4.85. The van der Waals surface area contributed by atoms with Crippen LogP contribution in [0.1, 0.15) is 82.3 Å². The van der Waals surface area contributed by atoms with Gasteiger partial charge in [0.15, 0.2) is 0 Å². The molecule has 1 heterocycles. The van der Waals surface area contributed by atoms with Crippen molar-refractivity contribution in [3.63, 3.8) is 0 Å². The van der Waals surface area contributed by atoms with Crippen molar-refractivity contribution in [1.29, 1.82) is 0 Å². The van der Waals surface area contributed by atoms with Crippen molar-refractivity contribution in [3.8, 4) is 5.75 Å². The Morgan fingerprint density at radius 2 is 1.79 bits per heavy atom. The van der Waals surface area contributed by atoms with Gasteiger partial charge in [-0.25, -0.2) is 5.01 Å². The Morgan fingerprint density at radius 1 is 1.10 bits per heavy atom. The summed E-state index contributed by atoms with van der Waals surface area (Å²) in [5.74, 6) is -1.74. The Morgan fingerprint density at radius 3 is 2.45 bits per heavy atom. The van der Waals surface area contributed by atoms with Gasteiger partial charge in [-0.15, -0.1) is 0 Å². The van der Waals surface area contributed by atoms with Gasteiger partial charge in [-0.3, -0.25) is 15.0 Å². The maximum absolute atomic E-state index is 13.9. The van der Waals surface area contributed by atoms with Gasteiger partial charge in [0.2, 0.25) is 0 Å². The number of benzene rings is 2. The summed E-state index contributed by atoms with van der Waals surface area (Å²) < 4.78 is 78.4. The SMILES string of the molecule is [2H]C([2H])([2H])C(N(NC(=O)c1ccc2c(c1C)CCCO2)C(=O)c1cc(C)cc(C)c1)(C([2H])([2H])[2H])C([2H])([2H])[2H]. The van der Waals surface area contributed by atoms with Crippen LogP contribution in [0.4, 0.5) is 0 Å². The minimum Gasteiger partial charge on any atom is -0.493 e. The van der Waals surface area contributed by atoms with Crippen LogP contribution in [0.3, 0.4) is 0 Å². The molecule has 0 bridgehead atoms. The molecule has 29 heavy (non-hydrogen) atoms. The molecule has 0 aliphatic carbocycles. The summed E-state index contributed by atoms with van der Waals surface area (Å²) >= 11 is 0. The standard InChI is InChI=1S/C24H30N2O3/c1-15-12-16(2)14-18(13-15)23(28)26(24(4,5)6)25-22(27)20-9-10-21-19(17(20)3)8-7-11-29-21/h9-10,12-14H,7-8,11H2,1-6H3,(H,25,27)/i4D3,5D3,6D3. The number of fused-ring (bicyclic) bond motifs is 1. The highest BCUT2D eigenvalue weighted by Gasteiger charge is 2.30. The molecule has 2 amide bonds. The third kappa shape index (κ3) is 4.44. The Labute approximate surface area is 185 Å². The van der Waals surface area contributed by atoms with Gasteiger partial charge < -0.3 is 4.74 Å². The quantitative estimate of drug-likeness (QED) is 0.750. The number of aryl methyl sites for hydroxylation is 2. The lowest BCUT2D eigenvalue weighted by molar-refractivity contribution is 0.0358. The van der Waals surface area contributed by atoms with E-state index in [9.17, 15) is 9.59 Å². The van der Waals surface area contributed by atoms with Gasteiger partial charge >= 0.3 is 0 Å². The predicted molar refractivity (Wildman–Crippen MR) is 114 cm³/mol. The second-order valence-electron chi connectivity index (χ2n) is 7.34. The zero-order valence-corrected chi connectivity index (χ0v) is 16.7. The number of nitrogens with one attached hydrogen (secondary N) is 1. The number of amides is 2. The highest BCUT2D eigenvalue weighted by Crippen LogP contribution is 2.30. The second kappa shape index (κ2) is 7.90. The van der Waals surface area contributed by atoms with Crippen molar-refractivity contribution in [2.45, 2.75) is 59.7 Å². The fraction of sp³-hybridized carbons (Fsp3) is 0.417. The van der Waals surface area contributed by atoms with Crippen LogP contribution in [0, 0.1) is 20.8 Å². The highest BCUT2D eigenvalue weighted by molar-refractivity contribution is 6.00. The Balaban J connectivity index is 2.27. The molecule has 154 valence electrons. The highest BCUT2D eigenvalue weighted by atomic mass is 16.5. The fourth-order valence-electron chi connectivity index (χ4n) is 3.53. The normalized spacial score (nSPS) is 19.2. The maximum atomic E-state index is 13.9. The van der Waals surface area contributed by atoms with Crippen LogP contribution >= 0.6 is 0 Å². The molecule has 0 saturated heterocycles. The predicted octanol–water partition coefficient (Wildman–Crippen LogP) is 4.52. The van der Waals surface area contributed by atoms with Crippen LogP contribution in [0.25, 0.3) is 0 Å². The lowest BCUT2D eigenvalue weighted by Gasteiger charge is -2.36. The van der Waals surface area contributed by atoms with Gasteiger partial charge in [0.25, 0.3) is 11.8 Å². The molecular weight excluding hydrogens is 364 g/mol. The van der Waals surface area contributed by atoms with Gasteiger partial charge in [0.1, 0.15) is 5.75 Å². The van der Waals surface area contributed by atoms with Crippen molar-refractivity contribution in [2.24, 2.45) is 0 Å². The lowest BCUT2D eigenvalue weighted by Crippen LogP contribution is -2.56. The molecule has 0 atom stereocenters. The molecule has 5 heteroatoms. The topological polar surface area (TPSA) is 58.6 Å². The molecule has 0 unspecified atom stereocenters. The van der Waals surface area contributed by atoms with Crippen molar-refractivity contribution in [3.05, 3.63) is 63.7 Å². The molecule has 0 aromatic heterocycles. The summed E-state index contributed by atoms with van der Waals surface area (Å²) in [5.41, 5.74) is 0.572. The van der Waals surface area contributed by atoms with Crippen LogP contribution in [0.5, 0.6) is 5.75 Å². The first-order valence-corrected chi connectivity index (χ1v) is 9.32. The van der Waals surface area contributed by atoms with E-state index in [-0.39, 0.29) is 16.1 Å². The molecule has 5 nitrogen and oxygen atoms in total. The number of hydrazine groups is 1. The monoisotopic (exact) mass is 403 g/mol. The van der Waals surface area contributed by atoms with E-state index in [4.69, 9.17) is 17.1 Å². The summed E-state index contributed by atoms with van der Waals surface area (Å²) in [7, 11) is 0.